The molecule has 0 aliphatic rings. The van der Waals surface area contributed by atoms with Crippen molar-refractivity contribution in [3.05, 3.63) is 22.4 Å². The summed E-state index contributed by atoms with van der Waals surface area (Å²) in [5, 5.41) is 8.80. The maximum atomic E-state index is 11.5. The molecule has 0 aromatic carbocycles. The Hall–Kier alpha value is -1.27. The molecule has 0 amide bonds. The zero-order valence-electron chi connectivity index (χ0n) is 8.19. The van der Waals surface area contributed by atoms with E-state index in [1.807, 2.05) is 11.4 Å². The summed E-state index contributed by atoms with van der Waals surface area (Å²) >= 11 is 6.23. The molecule has 80 valence electrons. The van der Waals surface area contributed by atoms with Crippen molar-refractivity contribution < 1.29 is 4.79 Å². The molecule has 4 nitrogen and oxygen atoms in total. The molecule has 0 atom stereocenters. The summed E-state index contributed by atoms with van der Waals surface area (Å²) in [6, 6.07) is 3.65. The maximum Gasteiger partial charge on any atom is 0.186 e. The minimum absolute atomic E-state index is 0.0610. The molecule has 6 heteroatoms. The van der Waals surface area contributed by atoms with E-state index in [4.69, 9.17) is 12.2 Å². The number of carbonyl (C=O) groups is 1. The molecule has 15 heavy (non-hydrogen) atoms. The smallest absolute Gasteiger partial charge is 0.186 e. The fraction of sp³-hybridized carbons (Fsp3) is 0.222. The molecule has 0 saturated heterocycles. The Morgan fingerprint density at radius 3 is 3.13 bits per heavy atom. The molecule has 0 spiro atoms. The molecule has 0 aliphatic carbocycles. The van der Waals surface area contributed by atoms with Crippen molar-refractivity contribution in [3.63, 3.8) is 0 Å². The predicted octanol–water partition coefficient (Wildman–Crippen LogP) is 1.40. The second-order valence-electron chi connectivity index (χ2n) is 2.61. The van der Waals surface area contributed by atoms with Crippen LogP contribution in [0.25, 0.3) is 0 Å². The number of hydrogen-bond donors (Lipinski definition) is 2. The molecular weight excluding hydrogens is 230 g/mol. The summed E-state index contributed by atoms with van der Waals surface area (Å²) < 4.78 is 0. The number of thiophene rings is 1. The van der Waals surface area contributed by atoms with Crippen LogP contribution in [0.2, 0.25) is 0 Å². The number of nitrogens with zero attached hydrogens (tertiary/aromatic N) is 1. The molecule has 2 N–H and O–H groups in total. The molecular formula is C9H11N3OS2. The van der Waals surface area contributed by atoms with Crippen molar-refractivity contribution in [2.75, 3.05) is 7.05 Å². The van der Waals surface area contributed by atoms with Gasteiger partial charge in [-0.15, -0.1) is 11.3 Å². The van der Waals surface area contributed by atoms with E-state index in [-0.39, 0.29) is 12.2 Å². The number of Topliss-reactive ketones (excluding diaryl/α,β-unsaturated/α-hetero) is 1. The molecule has 1 rings (SSSR count). The molecule has 0 bridgehead atoms. The van der Waals surface area contributed by atoms with Crippen LogP contribution in [0.3, 0.4) is 0 Å². The number of hydrogen-bond acceptors (Lipinski definition) is 4. The molecule has 0 radical (unpaired) electrons. The Morgan fingerprint density at radius 2 is 2.53 bits per heavy atom. The highest BCUT2D eigenvalue weighted by molar-refractivity contribution is 7.80. The van der Waals surface area contributed by atoms with E-state index in [2.05, 4.69) is 15.8 Å². The Bertz CT molecular complexity index is 359. The standard InChI is InChI=1S/C9H11N3OS2/c1-10-9(14)12-11-5-4-7(13)8-3-2-6-15-8/h2-3,5-6H,4H2,1H3,(H2,10,12,14). The number of carbonyl (C=O) groups excluding carboxylic acids is 1. The van der Waals surface area contributed by atoms with Gasteiger partial charge in [-0.2, -0.15) is 5.10 Å². The van der Waals surface area contributed by atoms with Crippen LogP contribution < -0.4 is 10.7 Å². The summed E-state index contributed by atoms with van der Waals surface area (Å²) in [6.45, 7) is 0. The third-order valence-electron chi connectivity index (χ3n) is 1.56. The van der Waals surface area contributed by atoms with Crippen LogP contribution in [0.1, 0.15) is 16.1 Å². The Balaban J connectivity index is 2.31. The zero-order chi connectivity index (χ0) is 11.1. The van der Waals surface area contributed by atoms with Crippen molar-refractivity contribution in [2.24, 2.45) is 5.10 Å². The number of ketones is 1. The van der Waals surface area contributed by atoms with Gasteiger partial charge >= 0.3 is 0 Å². The third kappa shape index (κ3) is 4.18. The van der Waals surface area contributed by atoms with Crippen molar-refractivity contribution in [2.45, 2.75) is 6.42 Å². The average molecular weight is 241 g/mol. The van der Waals surface area contributed by atoms with E-state index in [9.17, 15) is 4.79 Å². The third-order valence-corrected chi connectivity index (χ3v) is 2.76. The van der Waals surface area contributed by atoms with Crippen molar-refractivity contribution >= 4 is 40.7 Å². The molecule has 1 aromatic heterocycles. The van der Waals surface area contributed by atoms with E-state index in [0.717, 1.165) is 4.88 Å². The van der Waals surface area contributed by atoms with Crippen LogP contribution >= 0.6 is 23.6 Å². The second-order valence-corrected chi connectivity index (χ2v) is 3.96. The quantitative estimate of drug-likeness (QED) is 0.362. The number of hydrazone groups is 1. The highest BCUT2D eigenvalue weighted by atomic mass is 32.1. The van der Waals surface area contributed by atoms with Gasteiger partial charge in [0.25, 0.3) is 0 Å². The summed E-state index contributed by atoms with van der Waals surface area (Å²) in [5.41, 5.74) is 2.57. The molecule has 1 heterocycles. The first-order valence-corrected chi connectivity index (χ1v) is 5.58. The average Bonchev–Trinajstić information content (AvgIpc) is 2.77. The van der Waals surface area contributed by atoms with Crippen LogP contribution in [-0.4, -0.2) is 24.2 Å². The lowest BCUT2D eigenvalue weighted by Crippen LogP contribution is -2.28. The highest BCUT2D eigenvalue weighted by Gasteiger charge is 2.03. The summed E-state index contributed by atoms with van der Waals surface area (Å²) in [7, 11) is 1.70. The molecule has 1 aromatic rings. The van der Waals surface area contributed by atoms with E-state index in [1.54, 1.807) is 13.1 Å². The van der Waals surface area contributed by atoms with Crippen molar-refractivity contribution in [3.8, 4) is 0 Å². The minimum atomic E-state index is 0.0610. The first-order valence-electron chi connectivity index (χ1n) is 4.30. The van der Waals surface area contributed by atoms with E-state index < -0.39 is 0 Å². The van der Waals surface area contributed by atoms with Gasteiger partial charge in [-0.05, 0) is 23.7 Å². The number of nitrogens with one attached hydrogen (secondary N) is 2. The Morgan fingerprint density at radius 1 is 1.73 bits per heavy atom. The maximum absolute atomic E-state index is 11.5. The van der Waals surface area contributed by atoms with Crippen molar-refractivity contribution in [1.29, 1.82) is 0 Å². The lowest BCUT2D eigenvalue weighted by atomic mass is 10.2. The summed E-state index contributed by atoms with van der Waals surface area (Å²) in [5.74, 6) is 0.0610. The van der Waals surface area contributed by atoms with Gasteiger partial charge in [0.15, 0.2) is 10.9 Å². The fourth-order valence-corrected chi connectivity index (χ4v) is 1.55. The SMILES string of the molecule is CNC(=S)NN=CCC(=O)c1cccs1. The van der Waals surface area contributed by atoms with E-state index in [1.165, 1.54) is 17.6 Å². The van der Waals surface area contributed by atoms with Gasteiger partial charge in [-0.3, -0.25) is 10.2 Å². The summed E-state index contributed by atoms with van der Waals surface area (Å²) in [4.78, 5) is 12.2. The Labute approximate surface area is 97.4 Å². The van der Waals surface area contributed by atoms with Gasteiger partial charge in [0.2, 0.25) is 0 Å². The number of rotatable bonds is 4. The van der Waals surface area contributed by atoms with Gasteiger partial charge in [0, 0.05) is 19.7 Å². The molecule has 0 aliphatic heterocycles. The van der Waals surface area contributed by atoms with Crippen LogP contribution in [0.15, 0.2) is 22.6 Å². The van der Waals surface area contributed by atoms with Crippen LogP contribution in [-0.2, 0) is 0 Å². The predicted molar refractivity (Wildman–Crippen MR) is 66.6 cm³/mol. The van der Waals surface area contributed by atoms with Gasteiger partial charge in [-0.25, -0.2) is 0 Å². The van der Waals surface area contributed by atoms with E-state index >= 15 is 0 Å². The van der Waals surface area contributed by atoms with Gasteiger partial charge in [-0.1, -0.05) is 6.07 Å². The van der Waals surface area contributed by atoms with Crippen LogP contribution in [0.5, 0.6) is 0 Å². The Kier molecular flexibility index (Phi) is 4.92. The minimum Gasteiger partial charge on any atom is -0.364 e. The van der Waals surface area contributed by atoms with E-state index in [0.29, 0.717) is 5.11 Å². The zero-order valence-corrected chi connectivity index (χ0v) is 9.82. The monoisotopic (exact) mass is 241 g/mol. The lowest BCUT2D eigenvalue weighted by molar-refractivity contribution is 0.101. The molecule has 0 saturated carbocycles. The first-order chi connectivity index (χ1) is 7.24. The fourth-order valence-electron chi connectivity index (χ4n) is 0.827. The summed E-state index contributed by atoms with van der Waals surface area (Å²) in [6.07, 6.45) is 1.78. The largest absolute Gasteiger partial charge is 0.364 e. The normalized spacial score (nSPS) is 10.2. The van der Waals surface area contributed by atoms with Crippen LogP contribution in [0, 0.1) is 0 Å². The topological polar surface area (TPSA) is 53.5 Å². The number of thiocarbonyl (C=S) groups is 1. The van der Waals surface area contributed by atoms with Gasteiger partial charge in [0.05, 0.1) is 4.88 Å². The van der Waals surface area contributed by atoms with Crippen LogP contribution in [0.4, 0.5) is 0 Å². The second kappa shape index (κ2) is 6.26. The van der Waals surface area contributed by atoms with Gasteiger partial charge in [0.1, 0.15) is 0 Å². The van der Waals surface area contributed by atoms with Gasteiger partial charge < -0.3 is 5.32 Å². The first kappa shape index (κ1) is 11.8. The van der Waals surface area contributed by atoms with Crippen molar-refractivity contribution in [1.82, 2.24) is 10.7 Å². The highest BCUT2D eigenvalue weighted by Crippen LogP contribution is 2.10. The lowest BCUT2D eigenvalue weighted by Gasteiger charge is -1.98. The molecule has 0 fully saturated rings. The molecule has 0 unspecified atom stereocenters.